The number of halogens is 1. The quantitative estimate of drug-likeness (QED) is 0.395. The number of rotatable bonds is 4. The summed E-state index contributed by atoms with van der Waals surface area (Å²) in [5, 5.41) is 3.13. The first kappa shape index (κ1) is 22.5. The molecule has 1 aliphatic heterocycles. The highest BCUT2D eigenvalue weighted by molar-refractivity contribution is 14.0. The Morgan fingerprint density at radius 1 is 1.42 bits per heavy atom. The van der Waals surface area contributed by atoms with Crippen LogP contribution in [0.4, 0.5) is 10.5 Å². The second-order valence-corrected chi connectivity index (χ2v) is 7.49. The average molecular weight is 474 g/mol. The van der Waals surface area contributed by atoms with Gasteiger partial charge in [0.25, 0.3) is 0 Å². The molecule has 0 spiro atoms. The third kappa shape index (κ3) is 7.39. The fourth-order valence-electron chi connectivity index (χ4n) is 2.76. The number of carbonyl (C=O) groups is 1. The molecule has 146 valence electrons. The molecule has 1 aliphatic rings. The number of benzene rings is 1. The summed E-state index contributed by atoms with van der Waals surface area (Å²) in [4.78, 5) is 18.3. The molecule has 2 rings (SSSR count). The fourth-order valence-corrected chi connectivity index (χ4v) is 2.76. The second-order valence-electron chi connectivity index (χ2n) is 7.49. The number of likely N-dealkylation sites (tertiary alicyclic amines) is 1. The first-order valence-corrected chi connectivity index (χ1v) is 8.90. The Morgan fingerprint density at radius 3 is 2.81 bits per heavy atom. The Hall–Kier alpha value is -1.51. The van der Waals surface area contributed by atoms with Gasteiger partial charge in [0, 0.05) is 25.3 Å². The van der Waals surface area contributed by atoms with Gasteiger partial charge in [-0.25, -0.2) is 4.79 Å². The van der Waals surface area contributed by atoms with Gasteiger partial charge in [-0.3, -0.25) is 4.99 Å². The van der Waals surface area contributed by atoms with Crippen molar-refractivity contribution in [2.24, 2.45) is 16.6 Å². The van der Waals surface area contributed by atoms with Crippen LogP contribution in [0.1, 0.15) is 39.7 Å². The van der Waals surface area contributed by atoms with E-state index in [0.717, 1.165) is 18.5 Å². The minimum Gasteiger partial charge on any atom is -0.444 e. The molecular formula is C19H31IN4O2. The average Bonchev–Trinajstić information content (AvgIpc) is 3.01. The number of amides is 1. The van der Waals surface area contributed by atoms with Crippen molar-refractivity contribution in [3.05, 3.63) is 29.8 Å². The van der Waals surface area contributed by atoms with E-state index in [2.05, 4.69) is 29.4 Å². The Labute approximate surface area is 173 Å². The van der Waals surface area contributed by atoms with Crippen molar-refractivity contribution < 1.29 is 9.53 Å². The van der Waals surface area contributed by atoms with Crippen molar-refractivity contribution >= 4 is 41.7 Å². The minimum absolute atomic E-state index is 0. The van der Waals surface area contributed by atoms with Gasteiger partial charge in [-0.2, -0.15) is 0 Å². The molecule has 1 saturated heterocycles. The summed E-state index contributed by atoms with van der Waals surface area (Å²) < 4.78 is 5.41. The van der Waals surface area contributed by atoms with Crippen LogP contribution in [-0.4, -0.2) is 42.2 Å². The predicted molar refractivity (Wildman–Crippen MR) is 117 cm³/mol. The Morgan fingerprint density at radius 2 is 2.15 bits per heavy atom. The van der Waals surface area contributed by atoms with Crippen LogP contribution >= 0.6 is 24.0 Å². The van der Waals surface area contributed by atoms with Crippen molar-refractivity contribution in [1.29, 1.82) is 0 Å². The molecule has 7 heteroatoms. The highest BCUT2D eigenvalue weighted by Crippen LogP contribution is 2.20. The molecule has 6 nitrogen and oxygen atoms in total. The van der Waals surface area contributed by atoms with Crippen molar-refractivity contribution in [3.8, 4) is 0 Å². The highest BCUT2D eigenvalue weighted by atomic mass is 127. The Kier molecular flexibility index (Phi) is 8.66. The molecule has 1 fully saturated rings. The van der Waals surface area contributed by atoms with E-state index >= 15 is 0 Å². The van der Waals surface area contributed by atoms with E-state index in [1.807, 2.05) is 32.9 Å². The van der Waals surface area contributed by atoms with E-state index in [1.54, 1.807) is 4.90 Å². The maximum Gasteiger partial charge on any atom is 0.410 e. The van der Waals surface area contributed by atoms with Crippen LogP contribution in [0.15, 0.2) is 29.3 Å². The van der Waals surface area contributed by atoms with E-state index in [9.17, 15) is 4.79 Å². The topological polar surface area (TPSA) is 80.0 Å². The number of nitrogens with one attached hydrogen (secondary N) is 1. The molecule has 3 N–H and O–H groups in total. The summed E-state index contributed by atoms with van der Waals surface area (Å²) in [6.07, 6.45) is 1.65. The Bertz CT molecular complexity index is 628. The van der Waals surface area contributed by atoms with Crippen LogP contribution in [0.5, 0.6) is 0 Å². The van der Waals surface area contributed by atoms with Crippen LogP contribution in [0.2, 0.25) is 0 Å². The van der Waals surface area contributed by atoms with Crippen LogP contribution in [-0.2, 0) is 11.2 Å². The molecule has 1 unspecified atom stereocenters. The molecule has 0 bridgehead atoms. The zero-order valence-corrected chi connectivity index (χ0v) is 18.4. The molecular weight excluding hydrogens is 443 g/mol. The SMILES string of the molecule is CCc1cccc(NC(N)=NCC2CCN(C(=O)OC(C)(C)C)C2)c1.I. The Balaban J connectivity index is 0.00000338. The van der Waals surface area contributed by atoms with Crippen LogP contribution in [0.3, 0.4) is 0 Å². The number of aliphatic imine (C=N–C) groups is 1. The third-order valence-electron chi connectivity index (χ3n) is 4.07. The van der Waals surface area contributed by atoms with Gasteiger partial charge < -0.3 is 20.7 Å². The summed E-state index contributed by atoms with van der Waals surface area (Å²) >= 11 is 0. The molecule has 1 aromatic rings. The number of guanidine groups is 1. The van der Waals surface area contributed by atoms with E-state index in [-0.39, 0.29) is 30.1 Å². The van der Waals surface area contributed by atoms with E-state index < -0.39 is 5.60 Å². The van der Waals surface area contributed by atoms with Gasteiger partial charge in [0.15, 0.2) is 5.96 Å². The lowest BCUT2D eigenvalue weighted by molar-refractivity contribution is 0.0289. The summed E-state index contributed by atoms with van der Waals surface area (Å²) in [7, 11) is 0. The lowest BCUT2D eigenvalue weighted by Crippen LogP contribution is -2.35. The number of ether oxygens (including phenoxy) is 1. The lowest BCUT2D eigenvalue weighted by Gasteiger charge is -2.24. The third-order valence-corrected chi connectivity index (χ3v) is 4.07. The smallest absolute Gasteiger partial charge is 0.410 e. The van der Waals surface area contributed by atoms with E-state index in [4.69, 9.17) is 10.5 Å². The molecule has 26 heavy (non-hydrogen) atoms. The first-order chi connectivity index (χ1) is 11.8. The summed E-state index contributed by atoms with van der Waals surface area (Å²) in [5.41, 5.74) is 7.72. The largest absolute Gasteiger partial charge is 0.444 e. The zero-order valence-electron chi connectivity index (χ0n) is 16.1. The zero-order chi connectivity index (χ0) is 18.4. The van der Waals surface area contributed by atoms with E-state index in [0.29, 0.717) is 31.5 Å². The van der Waals surface area contributed by atoms with Crippen molar-refractivity contribution in [3.63, 3.8) is 0 Å². The fraction of sp³-hybridized carbons (Fsp3) is 0.579. The summed E-state index contributed by atoms with van der Waals surface area (Å²) in [6, 6.07) is 8.13. The van der Waals surface area contributed by atoms with Gasteiger partial charge >= 0.3 is 6.09 Å². The van der Waals surface area contributed by atoms with Gasteiger partial charge in [-0.05, 0) is 57.2 Å². The summed E-state index contributed by atoms with van der Waals surface area (Å²) in [6.45, 7) is 9.73. The highest BCUT2D eigenvalue weighted by Gasteiger charge is 2.29. The van der Waals surface area contributed by atoms with Crippen LogP contribution in [0.25, 0.3) is 0 Å². The van der Waals surface area contributed by atoms with Gasteiger partial charge in [-0.1, -0.05) is 19.1 Å². The second kappa shape index (κ2) is 9.99. The molecule has 0 aromatic heterocycles. The number of carbonyl (C=O) groups excluding carboxylic acids is 1. The molecule has 1 aromatic carbocycles. The van der Waals surface area contributed by atoms with Gasteiger partial charge in [0.05, 0.1) is 0 Å². The van der Waals surface area contributed by atoms with Crippen molar-refractivity contribution in [2.75, 3.05) is 25.0 Å². The maximum absolute atomic E-state index is 12.1. The van der Waals surface area contributed by atoms with Crippen LogP contribution < -0.4 is 11.1 Å². The first-order valence-electron chi connectivity index (χ1n) is 8.90. The molecule has 1 amide bonds. The van der Waals surface area contributed by atoms with Crippen LogP contribution in [0, 0.1) is 5.92 Å². The number of aryl methyl sites for hydroxylation is 1. The molecule has 0 saturated carbocycles. The van der Waals surface area contributed by atoms with Gasteiger partial charge in [-0.15, -0.1) is 24.0 Å². The maximum atomic E-state index is 12.1. The molecule has 1 heterocycles. The number of hydrogen-bond acceptors (Lipinski definition) is 3. The minimum atomic E-state index is -0.464. The monoisotopic (exact) mass is 474 g/mol. The standard InChI is InChI=1S/C19H30N4O2.HI/c1-5-14-7-6-8-16(11-14)22-17(20)21-12-15-9-10-23(13-15)18(24)25-19(2,3)4;/h6-8,11,15H,5,9-10,12-13H2,1-4H3,(H3,20,21,22);1H. The number of nitrogens with zero attached hydrogens (tertiary/aromatic N) is 2. The predicted octanol–water partition coefficient (Wildman–Crippen LogP) is 3.85. The summed E-state index contributed by atoms with van der Waals surface area (Å²) in [5.74, 6) is 0.721. The molecule has 0 radical (unpaired) electrons. The van der Waals surface area contributed by atoms with Crippen molar-refractivity contribution in [2.45, 2.75) is 46.1 Å². The van der Waals surface area contributed by atoms with Gasteiger partial charge in [0.1, 0.15) is 5.60 Å². The molecule has 1 atom stereocenters. The number of nitrogens with two attached hydrogens (primary N) is 1. The lowest BCUT2D eigenvalue weighted by atomic mass is 10.1. The van der Waals surface area contributed by atoms with Crippen molar-refractivity contribution in [1.82, 2.24) is 4.90 Å². The van der Waals surface area contributed by atoms with Gasteiger partial charge in [0.2, 0.25) is 0 Å². The molecule has 0 aliphatic carbocycles. The van der Waals surface area contributed by atoms with E-state index in [1.165, 1.54) is 5.56 Å². The number of hydrogen-bond donors (Lipinski definition) is 2. The normalized spacial score (nSPS) is 17.6. The number of anilines is 1.